The fourth-order valence-electron chi connectivity index (χ4n) is 2.96. The van der Waals surface area contributed by atoms with Crippen LogP contribution in [0.5, 0.6) is 5.75 Å². The zero-order valence-electron chi connectivity index (χ0n) is 15.5. The highest BCUT2D eigenvalue weighted by Crippen LogP contribution is 2.23. The number of benzene rings is 2. The molecule has 2 aromatic rings. The SMILES string of the molecule is CC(=O)N1CCN(c2ccc(OCC(=O)Nc3ccc(F)cc3Cl)cc2)CC1. The van der Waals surface area contributed by atoms with Crippen LogP contribution < -0.4 is 15.0 Å². The summed E-state index contributed by atoms with van der Waals surface area (Å²) >= 11 is 5.89. The molecule has 0 aliphatic carbocycles. The van der Waals surface area contributed by atoms with Crippen molar-refractivity contribution in [2.24, 2.45) is 0 Å². The van der Waals surface area contributed by atoms with Crippen molar-refractivity contribution in [3.8, 4) is 5.75 Å². The molecule has 2 aromatic carbocycles. The van der Waals surface area contributed by atoms with Gasteiger partial charge in [0, 0.05) is 38.8 Å². The predicted molar refractivity (Wildman–Crippen MR) is 106 cm³/mol. The van der Waals surface area contributed by atoms with E-state index in [-0.39, 0.29) is 17.5 Å². The number of carbonyl (C=O) groups excluding carboxylic acids is 2. The number of amides is 2. The lowest BCUT2D eigenvalue weighted by atomic mass is 10.2. The van der Waals surface area contributed by atoms with E-state index in [1.807, 2.05) is 17.0 Å². The second kappa shape index (κ2) is 8.93. The standard InChI is InChI=1S/C20H21ClFN3O3/c1-14(26)24-8-10-25(11-9-24)16-3-5-17(6-4-16)28-13-20(27)23-19-7-2-15(22)12-18(19)21/h2-7,12H,8-11,13H2,1H3,(H,23,27). The van der Waals surface area contributed by atoms with E-state index in [0.717, 1.165) is 24.8 Å². The van der Waals surface area contributed by atoms with Gasteiger partial charge < -0.3 is 19.9 Å². The summed E-state index contributed by atoms with van der Waals surface area (Å²) in [6.07, 6.45) is 0. The summed E-state index contributed by atoms with van der Waals surface area (Å²) in [5, 5.41) is 2.71. The Morgan fingerprint density at radius 3 is 2.39 bits per heavy atom. The number of ether oxygens (including phenoxy) is 1. The normalized spacial score (nSPS) is 14.0. The fourth-order valence-corrected chi connectivity index (χ4v) is 3.17. The van der Waals surface area contributed by atoms with Gasteiger partial charge in [0.05, 0.1) is 10.7 Å². The lowest BCUT2D eigenvalue weighted by Gasteiger charge is -2.35. The molecule has 8 heteroatoms. The van der Waals surface area contributed by atoms with Gasteiger partial charge in [0.15, 0.2) is 6.61 Å². The quantitative estimate of drug-likeness (QED) is 0.830. The Morgan fingerprint density at radius 1 is 1.11 bits per heavy atom. The van der Waals surface area contributed by atoms with Crippen molar-refractivity contribution in [1.29, 1.82) is 0 Å². The Labute approximate surface area is 167 Å². The minimum atomic E-state index is -0.470. The van der Waals surface area contributed by atoms with Crippen LogP contribution in [0.3, 0.4) is 0 Å². The van der Waals surface area contributed by atoms with Crippen LogP contribution in [0.2, 0.25) is 5.02 Å². The second-order valence-electron chi connectivity index (χ2n) is 6.45. The van der Waals surface area contributed by atoms with Gasteiger partial charge in [-0.25, -0.2) is 4.39 Å². The maximum Gasteiger partial charge on any atom is 0.262 e. The third kappa shape index (κ3) is 5.13. The molecule has 0 aromatic heterocycles. The zero-order valence-corrected chi connectivity index (χ0v) is 16.2. The Balaban J connectivity index is 1.49. The van der Waals surface area contributed by atoms with Crippen molar-refractivity contribution in [3.63, 3.8) is 0 Å². The first-order valence-corrected chi connectivity index (χ1v) is 9.28. The molecular weight excluding hydrogens is 385 g/mol. The molecule has 2 amide bonds. The van der Waals surface area contributed by atoms with Gasteiger partial charge in [-0.2, -0.15) is 0 Å². The molecule has 1 aliphatic heterocycles. The van der Waals surface area contributed by atoms with Crippen LogP contribution in [-0.2, 0) is 9.59 Å². The van der Waals surface area contributed by atoms with Crippen molar-refractivity contribution in [2.75, 3.05) is 43.0 Å². The van der Waals surface area contributed by atoms with Gasteiger partial charge in [-0.1, -0.05) is 11.6 Å². The van der Waals surface area contributed by atoms with Crippen LogP contribution >= 0.6 is 11.6 Å². The number of halogens is 2. The van der Waals surface area contributed by atoms with Gasteiger partial charge in [-0.3, -0.25) is 9.59 Å². The van der Waals surface area contributed by atoms with Crippen LogP contribution in [0.25, 0.3) is 0 Å². The summed E-state index contributed by atoms with van der Waals surface area (Å²) < 4.78 is 18.5. The molecule has 28 heavy (non-hydrogen) atoms. The second-order valence-corrected chi connectivity index (χ2v) is 6.86. The fraction of sp³-hybridized carbons (Fsp3) is 0.300. The molecule has 3 rings (SSSR count). The highest BCUT2D eigenvalue weighted by atomic mass is 35.5. The minimum Gasteiger partial charge on any atom is -0.484 e. The Bertz CT molecular complexity index is 852. The summed E-state index contributed by atoms with van der Waals surface area (Å²) in [5.41, 5.74) is 1.37. The topological polar surface area (TPSA) is 61.9 Å². The summed E-state index contributed by atoms with van der Waals surface area (Å²) in [5.74, 6) is -0.199. The van der Waals surface area contributed by atoms with E-state index < -0.39 is 11.7 Å². The van der Waals surface area contributed by atoms with Gasteiger partial charge in [0.1, 0.15) is 11.6 Å². The van der Waals surface area contributed by atoms with E-state index in [2.05, 4.69) is 10.2 Å². The summed E-state index contributed by atoms with van der Waals surface area (Å²) in [4.78, 5) is 27.4. The molecule has 1 aliphatic rings. The van der Waals surface area contributed by atoms with Gasteiger partial charge in [-0.05, 0) is 42.5 Å². The van der Waals surface area contributed by atoms with Crippen LogP contribution in [0, 0.1) is 5.82 Å². The van der Waals surface area contributed by atoms with Crippen molar-refractivity contribution in [2.45, 2.75) is 6.92 Å². The van der Waals surface area contributed by atoms with Gasteiger partial charge >= 0.3 is 0 Å². The first-order valence-electron chi connectivity index (χ1n) is 8.90. The van der Waals surface area contributed by atoms with Crippen molar-refractivity contribution in [1.82, 2.24) is 4.90 Å². The number of anilines is 2. The monoisotopic (exact) mass is 405 g/mol. The summed E-state index contributed by atoms with van der Waals surface area (Å²) in [6.45, 7) is 4.37. The van der Waals surface area contributed by atoms with Crippen molar-refractivity contribution < 1.29 is 18.7 Å². The van der Waals surface area contributed by atoms with E-state index in [1.165, 1.54) is 12.1 Å². The third-order valence-electron chi connectivity index (χ3n) is 4.50. The molecule has 6 nitrogen and oxygen atoms in total. The number of hydrogen-bond acceptors (Lipinski definition) is 4. The molecule has 0 unspecified atom stereocenters. The molecule has 0 atom stereocenters. The van der Waals surface area contributed by atoms with E-state index in [1.54, 1.807) is 19.1 Å². The molecule has 0 radical (unpaired) electrons. The third-order valence-corrected chi connectivity index (χ3v) is 4.81. The number of hydrogen-bond donors (Lipinski definition) is 1. The van der Waals surface area contributed by atoms with Crippen LogP contribution in [0.1, 0.15) is 6.92 Å². The molecule has 0 bridgehead atoms. The highest BCUT2D eigenvalue weighted by Gasteiger charge is 2.18. The van der Waals surface area contributed by atoms with Crippen molar-refractivity contribution in [3.05, 3.63) is 53.3 Å². The molecule has 0 spiro atoms. The van der Waals surface area contributed by atoms with Crippen LogP contribution in [0.15, 0.2) is 42.5 Å². The Kier molecular flexibility index (Phi) is 6.36. The van der Waals surface area contributed by atoms with E-state index in [0.29, 0.717) is 24.5 Å². The average molecular weight is 406 g/mol. The molecule has 1 N–H and O–H groups in total. The van der Waals surface area contributed by atoms with Gasteiger partial charge in [0.25, 0.3) is 5.91 Å². The molecular formula is C20H21ClFN3O3. The molecule has 1 heterocycles. The van der Waals surface area contributed by atoms with E-state index in [4.69, 9.17) is 16.3 Å². The van der Waals surface area contributed by atoms with Crippen LogP contribution in [0.4, 0.5) is 15.8 Å². The lowest BCUT2D eigenvalue weighted by molar-refractivity contribution is -0.129. The first kappa shape index (κ1) is 19.9. The Morgan fingerprint density at radius 2 is 1.79 bits per heavy atom. The number of rotatable bonds is 5. The number of nitrogens with zero attached hydrogens (tertiary/aromatic N) is 2. The first-order chi connectivity index (χ1) is 13.4. The smallest absolute Gasteiger partial charge is 0.262 e. The molecule has 1 fully saturated rings. The van der Waals surface area contributed by atoms with Crippen LogP contribution in [-0.4, -0.2) is 49.5 Å². The van der Waals surface area contributed by atoms with Gasteiger partial charge in [-0.15, -0.1) is 0 Å². The van der Waals surface area contributed by atoms with E-state index >= 15 is 0 Å². The zero-order chi connectivity index (χ0) is 20.1. The van der Waals surface area contributed by atoms with Gasteiger partial charge in [0.2, 0.25) is 5.91 Å². The summed E-state index contributed by atoms with van der Waals surface area (Å²) in [7, 11) is 0. The summed E-state index contributed by atoms with van der Waals surface area (Å²) in [6, 6.07) is 11.2. The molecule has 148 valence electrons. The Hall–Kier alpha value is -2.80. The minimum absolute atomic E-state index is 0.101. The lowest BCUT2D eigenvalue weighted by Crippen LogP contribution is -2.48. The van der Waals surface area contributed by atoms with E-state index in [9.17, 15) is 14.0 Å². The maximum atomic E-state index is 13.0. The molecule has 1 saturated heterocycles. The molecule has 0 saturated carbocycles. The number of nitrogens with one attached hydrogen (secondary N) is 1. The largest absolute Gasteiger partial charge is 0.484 e. The average Bonchev–Trinajstić information content (AvgIpc) is 2.69. The maximum absolute atomic E-state index is 13.0. The number of carbonyl (C=O) groups is 2. The van der Waals surface area contributed by atoms with Crippen molar-refractivity contribution >= 4 is 34.8 Å². The highest BCUT2D eigenvalue weighted by molar-refractivity contribution is 6.33. The predicted octanol–water partition coefficient (Wildman–Crippen LogP) is 3.17. The number of piperazine rings is 1.